The van der Waals surface area contributed by atoms with Crippen molar-refractivity contribution >= 4 is 23.2 Å². The lowest BCUT2D eigenvalue weighted by Crippen LogP contribution is -2.43. The fourth-order valence-corrected chi connectivity index (χ4v) is 4.14. The van der Waals surface area contributed by atoms with Gasteiger partial charge in [0.05, 0.1) is 31.2 Å². The van der Waals surface area contributed by atoms with Crippen molar-refractivity contribution in [3.63, 3.8) is 0 Å². The number of rotatable bonds is 5. The lowest BCUT2D eigenvalue weighted by Gasteiger charge is -2.34. The van der Waals surface area contributed by atoms with E-state index in [0.29, 0.717) is 32.0 Å². The zero-order valence-corrected chi connectivity index (χ0v) is 15.0. The summed E-state index contributed by atoms with van der Waals surface area (Å²) in [5.41, 5.74) is 1.00. The highest BCUT2D eigenvalue weighted by molar-refractivity contribution is 7.09. The Kier molecular flexibility index (Phi) is 4.33. The van der Waals surface area contributed by atoms with Gasteiger partial charge >= 0.3 is 0 Å². The molecule has 1 saturated carbocycles. The third-order valence-corrected chi connectivity index (χ3v) is 5.96. The van der Waals surface area contributed by atoms with Crippen LogP contribution in [-0.2, 0) is 22.7 Å². The van der Waals surface area contributed by atoms with Crippen molar-refractivity contribution < 1.29 is 9.59 Å². The van der Waals surface area contributed by atoms with E-state index in [1.54, 1.807) is 17.5 Å². The maximum atomic E-state index is 12.6. The molecule has 1 N–H and O–H groups in total. The maximum absolute atomic E-state index is 12.6. The Morgan fingerprint density at radius 2 is 2.24 bits per heavy atom. The molecule has 0 spiro atoms. The molecule has 1 fully saturated rings. The SMILES string of the molecule is C[C@@H]1C[C@@H]1C(=O)N1Cc2ccnn2[C@@H](CC(=O)NCc2cccs2)C1. The van der Waals surface area contributed by atoms with Crippen LogP contribution in [0.25, 0.3) is 0 Å². The van der Waals surface area contributed by atoms with Crippen LogP contribution in [0.5, 0.6) is 0 Å². The number of aromatic nitrogens is 2. The number of fused-ring (bicyclic) bond motifs is 1. The van der Waals surface area contributed by atoms with Gasteiger partial charge in [-0.15, -0.1) is 11.3 Å². The Balaban J connectivity index is 1.41. The number of nitrogens with one attached hydrogen (secondary N) is 1. The monoisotopic (exact) mass is 358 g/mol. The van der Waals surface area contributed by atoms with Crippen molar-refractivity contribution in [2.45, 2.75) is 38.9 Å². The molecule has 1 aliphatic heterocycles. The maximum Gasteiger partial charge on any atom is 0.226 e. The highest BCUT2D eigenvalue weighted by Crippen LogP contribution is 2.40. The van der Waals surface area contributed by atoms with Crippen LogP contribution in [0.1, 0.15) is 36.4 Å². The van der Waals surface area contributed by atoms with Gasteiger partial charge in [0, 0.05) is 23.5 Å². The quantitative estimate of drug-likeness (QED) is 0.891. The molecule has 2 aliphatic rings. The van der Waals surface area contributed by atoms with Crippen LogP contribution in [0.4, 0.5) is 0 Å². The number of thiophene rings is 1. The lowest BCUT2D eigenvalue weighted by molar-refractivity contribution is -0.136. The van der Waals surface area contributed by atoms with Gasteiger partial charge in [-0.05, 0) is 29.9 Å². The van der Waals surface area contributed by atoms with E-state index in [4.69, 9.17) is 0 Å². The molecule has 0 saturated heterocycles. The van der Waals surface area contributed by atoms with Gasteiger partial charge in [-0.1, -0.05) is 13.0 Å². The van der Waals surface area contributed by atoms with Crippen molar-refractivity contribution in [2.24, 2.45) is 11.8 Å². The van der Waals surface area contributed by atoms with Gasteiger partial charge in [-0.2, -0.15) is 5.10 Å². The van der Waals surface area contributed by atoms with Gasteiger partial charge in [0.2, 0.25) is 11.8 Å². The molecule has 1 aliphatic carbocycles. The Morgan fingerprint density at radius 3 is 2.96 bits per heavy atom. The van der Waals surface area contributed by atoms with Gasteiger partial charge < -0.3 is 10.2 Å². The van der Waals surface area contributed by atoms with Crippen LogP contribution in [-0.4, -0.2) is 33.0 Å². The van der Waals surface area contributed by atoms with Crippen LogP contribution < -0.4 is 5.32 Å². The topological polar surface area (TPSA) is 67.2 Å². The Hall–Kier alpha value is -2.15. The standard InChI is InChI=1S/C18H22N4O2S/c1-12-7-16(12)18(24)21-10-13-4-5-20-22(13)14(11-21)8-17(23)19-9-15-3-2-6-25-15/h2-6,12,14,16H,7-11H2,1H3,(H,19,23)/t12-,14+,16+/m1/s1. The Bertz CT molecular complexity index is 770. The molecule has 0 bridgehead atoms. The average molecular weight is 358 g/mol. The van der Waals surface area contributed by atoms with Crippen molar-refractivity contribution in [1.82, 2.24) is 20.0 Å². The van der Waals surface area contributed by atoms with Gasteiger partial charge in [0.25, 0.3) is 0 Å². The van der Waals surface area contributed by atoms with Crippen LogP contribution in [0.15, 0.2) is 29.8 Å². The third-order valence-electron chi connectivity index (χ3n) is 5.08. The molecule has 6 nitrogen and oxygen atoms in total. The molecule has 25 heavy (non-hydrogen) atoms. The highest BCUT2D eigenvalue weighted by Gasteiger charge is 2.43. The molecule has 4 rings (SSSR count). The minimum atomic E-state index is -0.0971. The second-order valence-electron chi connectivity index (χ2n) is 7.02. The van der Waals surface area contributed by atoms with E-state index >= 15 is 0 Å². The molecular weight excluding hydrogens is 336 g/mol. The summed E-state index contributed by atoms with van der Waals surface area (Å²) in [4.78, 5) is 28.0. The average Bonchev–Trinajstić information content (AvgIpc) is 3.02. The summed E-state index contributed by atoms with van der Waals surface area (Å²) in [5.74, 6) is 0.882. The normalized spacial score (nSPS) is 24.7. The molecule has 0 radical (unpaired) electrons. The number of carbonyl (C=O) groups excluding carboxylic acids is 2. The van der Waals surface area contributed by atoms with E-state index in [1.807, 2.05) is 33.2 Å². The molecule has 2 aromatic heterocycles. The molecule has 3 atom stereocenters. The molecule has 132 valence electrons. The van der Waals surface area contributed by atoms with Gasteiger partial charge in [-0.25, -0.2) is 0 Å². The van der Waals surface area contributed by atoms with Crippen LogP contribution in [0, 0.1) is 11.8 Å². The van der Waals surface area contributed by atoms with E-state index in [0.717, 1.165) is 17.0 Å². The van der Waals surface area contributed by atoms with E-state index < -0.39 is 0 Å². The minimum Gasteiger partial charge on any atom is -0.351 e. The van der Waals surface area contributed by atoms with Crippen LogP contribution in [0.2, 0.25) is 0 Å². The Morgan fingerprint density at radius 1 is 1.40 bits per heavy atom. The van der Waals surface area contributed by atoms with Gasteiger partial charge in [0.15, 0.2) is 0 Å². The zero-order valence-electron chi connectivity index (χ0n) is 14.2. The van der Waals surface area contributed by atoms with Gasteiger partial charge in [-0.3, -0.25) is 14.3 Å². The summed E-state index contributed by atoms with van der Waals surface area (Å²) in [6.45, 7) is 3.82. The smallest absolute Gasteiger partial charge is 0.226 e. The van der Waals surface area contributed by atoms with Gasteiger partial charge in [0.1, 0.15) is 0 Å². The predicted molar refractivity (Wildman–Crippen MR) is 94.7 cm³/mol. The number of carbonyl (C=O) groups is 2. The summed E-state index contributed by atoms with van der Waals surface area (Å²) < 4.78 is 1.91. The second kappa shape index (κ2) is 6.63. The molecule has 2 aromatic rings. The van der Waals surface area contributed by atoms with Crippen LogP contribution in [0.3, 0.4) is 0 Å². The lowest BCUT2D eigenvalue weighted by atomic mass is 10.1. The van der Waals surface area contributed by atoms with Crippen molar-refractivity contribution in [3.8, 4) is 0 Å². The fourth-order valence-electron chi connectivity index (χ4n) is 3.49. The molecule has 3 heterocycles. The van der Waals surface area contributed by atoms with Crippen molar-refractivity contribution in [3.05, 3.63) is 40.3 Å². The second-order valence-corrected chi connectivity index (χ2v) is 8.05. The zero-order chi connectivity index (χ0) is 17.4. The fraction of sp³-hybridized carbons (Fsp3) is 0.500. The summed E-state index contributed by atoms with van der Waals surface area (Å²) in [6.07, 6.45) is 3.07. The first-order valence-electron chi connectivity index (χ1n) is 8.72. The van der Waals surface area contributed by atoms with Crippen LogP contribution >= 0.6 is 11.3 Å². The number of nitrogens with zero attached hydrogens (tertiary/aromatic N) is 3. The largest absolute Gasteiger partial charge is 0.351 e. The first-order valence-corrected chi connectivity index (χ1v) is 9.60. The minimum absolute atomic E-state index is 0.00561. The van der Waals surface area contributed by atoms with Crippen molar-refractivity contribution in [1.29, 1.82) is 0 Å². The molecule has 0 aromatic carbocycles. The van der Waals surface area contributed by atoms with E-state index in [9.17, 15) is 9.59 Å². The first-order chi connectivity index (χ1) is 12.1. The van der Waals surface area contributed by atoms with E-state index in [1.165, 1.54) is 0 Å². The summed E-state index contributed by atoms with van der Waals surface area (Å²) in [6, 6.07) is 5.83. The molecule has 7 heteroatoms. The predicted octanol–water partition coefficient (Wildman–Crippen LogP) is 2.19. The first kappa shape index (κ1) is 16.3. The van der Waals surface area contributed by atoms with E-state index in [2.05, 4.69) is 17.3 Å². The number of hydrogen-bond donors (Lipinski definition) is 1. The van der Waals surface area contributed by atoms with Crippen molar-refractivity contribution in [2.75, 3.05) is 6.54 Å². The molecule has 2 amide bonds. The molecule has 0 unspecified atom stereocenters. The molecular formula is C18H22N4O2S. The summed E-state index contributed by atoms with van der Waals surface area (Å²) >= 11 is 1.63. The summed E-state index contributed by atoms with van der Waals surface area (Å²) in [5, 5.41) is 9.34. The highest BCUT2D eigenvalue weighted by atomic mass is 32.1. The van der Waals surface area contributed by atoms with E-state index in [-0.39, 0.29) is 23.8 Å². The number of hydrogen-bond acceptors (Lipinski definition) is 4. The number of amides is 2. The summed E-state index contributed by atoms with van der Waals surface area (Å²) in [7, 11) is 0. The third kappa shape index (κ3) is 3.46. The Labute approximate surface area is 150 Å².